The number of hydrogen-bond donors (Lipinski definition) is 0. The van der Waals surface area contributed by atoms with Gasteiger partial charge < -0.3 is 28.6 Å². The Kier molecular flexibility index (Phi) is 9.80. The summed E-state index contributed by atoms with van der Waals surface area (Å²) in [6.45, 7) is 2.05. The third-order valence-electron chi connectivity index (χ3n) is 10.3. The van der Waals surface area contributed by atoms with Crippen LogP contribution in [0.25, 0.3) is 0 Å². The molecular weight excluding hydrogens is 676 g/mol. The van der Waals surface area contributed by atoms with Gasteiger partial charge in [0.15, 0.2) is 0 Å². The first-order valence-corrected chi connectivity index (χ1v) is 18.7. The van der Waals surface area contributed by atoms with Crippen LogP contribution in [0.3, 0.4) is 0 Å². The Labute approximate surface area is 298 Å². The van der Waals surface area contributed by atoms with E-state index in [2.05, 4.69) is 4.90 Å². The Morgan fingerprint density at radius 2 is 1.60 bits per heavy atom. The van der Waals surface area contributed by atoms with Gasteiger partial charge in [-0.05, 0) is 102 Å². The van der Waals surface area contributed by atoms with Gasteiger partial charge in [0.05, 0.1) is 38.0 Å². The lowest BCUT2D eigenvalue weighted by Gasteiger charge is -2.43. The molecule has 7 rings (SSSR count). The van der Waals surface area contributed by atoms with Crippen LogP contribution in [-0.4, -0.2) is 59.5 Å². The zero-order chi connectivity index (χ0) is 34.9. The van der Waals surface area contributed by atoms with E-state index in [0.29, 0.717) is 47.7 Å². The van der Waals surface area contributed by atoms with Gasteiger partial charge in [0.2, 0.25) is 10.0 Å². The van der Waals surface area contributed by atoms with E-state index < -0.39 is 15.6 Å². The number of aldehydes is 1. The summed E-state index contributed by atoms with van der Waals surface area (Å²) in [6, 6.07) is 25.8. The second kappa shape index (κ2) is 14.3. The molecule has 1 aliphatic carbocycles. The highest BCUT2D eigenvalue weighted by Crippen LogP contribution is 2.45. The summed E-state index contributed by atoms with van der Waals surface area (Å²) < 4.78 is 54.6. The molecule has 11 heteroatoms. The summed E-state index contributed by atoms with van der Waals surface area (Å²) in [5.41, 5.74) is 3.64. The minimum absolute atomic E-state index is 0.0339. The minimum atomic E-state index is -4.03. The van der Waals surface area contributed by atoms with E-state index in [1.54, 1.807) is 32.4 Å². The molecule has 0 aromatic heterocycles. The molecule has 1 saturated carbocycles. The van der Waals surface area contributed by atoms with E-state index in [4.69, 9.17) is 30.5 Å². The SMILES string of the molecule is COc1ccc(CN(Cc2ccc(OC)cc2)S(=O)(=O)c2ccc3c(c2)N(C[C@@H]2CC[C@H]2C=O)C[C@]2(CO3)OCCc3cc(Cl)ccc32)cc1. The number of ether oxygens (including phenoxy) is 4. The minimum Gasteiger partial charge on any atom is -0.497 e. The van der Waals surface area contributed by atoms with Crippen molar-refractivity contribution in [3.05, 3.63) is 112 Å². The summed E-state index contributed by atoms with van der Waals surface area (Å²) in [5, 5.41) is 0.669. The van der Waals surface area contributed by atoms with E-state index in [9.17, 15) is 13.2 Å². The van der Waals surface area contributed by atoms with Crippen molar-refractivity contribution in [3.63, 3.8) is 0 Å². The first kappa shape index (κ1) is 34.4. The topological polar surface area (TPSA) is 94.6 Å². The van der Waals surface area contributed by atoms with Gasteiger partial charge in [0.1, 0.15) is 35.7 Å². The second-order valence-electron chi connectivity index (χ2n) is 13.3. The number of rotatable bonds is 11. The maximum atomic E-state index is 14.7. The van der Waals surface area contributed by atoms with Crippen LogP contribution in [0.2, 0.25) is 5.02 Å². The number of anilines is 1. The van der Waals surface area contributed by atoms with Crippen LogP contribution in [0.5, 0.6) is 17.2 Å². The van der Waals surface area contributed by atoms with Gasteiger partial charge in [-0.25, -0.2) is 8.42 Å². The number of nitrogens with zero attached hydrogens (tertiary/aromatic N) is 2. The molecule has 0 bridgehead atoms. The van der Waals surface area contributed by atoms with Crippen molar-refractivity contribution < 1.29 is 32.2 Å². The van der Waals surface area contributed by atoms with E-state index in [-0.39, 0.29) is 36.4 Å². The van der Waals surface area contributed by atoms with Crippen LogP contribution in [0, 0.1) is 11.8 Å². The molecule has 2 aliphatic heterocycles. The first-order chi connectivity index (χ1) is 24.2. The fourth-order valence-corrected chi connectivity index (χ4v) is 8.88. The lowest BCUT2D eigenvalue weighted by atomic mass is 9.74. The number of halogens is 1. The Morgan fingerprint density at radius 3 is 2.20 bits per heavy atom. The molecule has 4 aromatic carbocycles. The smallest absolute Gasteiger partial charge is 0.243 e. The predicted molar refractivity (Wildman–Crippen MR) is 192 cm³/mol. The average Bonchev–Trinajstić information content (AvgIpc) is 3.27. The fourth-order valence-electron chi connectivity index (χ4n) is 7.25. The van der Waals surface area contributed by atoms with Gasteiger partial charge in [0, 0.05) is 30.6 Å². The third-order valence-corrected chi connectivity index (χ3v) is 12.3. The third kappa shape index (κ3) is 6.82. The van der Waals surface area contributed by atoms with Gasteiger partial charge in [-0.1, -0.05) is 41.9 Å². The molecule has 9 nitrogen and oxygen atoms in total. The van der Waals surface area contributed by atoms with Crippen LogP contribution in [0.4, 0.5) is 5.69 Å². The zero-order valence-electron chi connectivity index (χ0n) is 28.2. The first-order valence-electron chi connectivity index (χ1n) is 16.9. The highest BCUT2D eigenvalue weighted by molar-refractivity contribution is 7.89. The van der Waals surface area contributed by atoms with Gasteiger partial charge in [0.25, 0.3) is 0 Å². The number of sulfonamides is 1. The van der Waals surface area contributed by atoms with Gasteiger partial charge in [-0.3, -0.25) is 0 Å². The zero-order valence-corrected chi connectivity index (χ0v) is 29.8. The summed E-state index contributed by atoms with van der Waals surface area (Å²) >= 11 is 6.39. The van der Waals surface area contributed by atoms with Crippen molar-refractivity contribution >= 4 is 33.6 Å². The Morgan fingerprint density at radius 1 is 0.920 bits per heavy atom. The van der Waals surface area contributed by atoms with Gasteiger partial charge in [-0.15, -0.1) is 0 Å². The molecule has 3 aliphatic rings. The van der Waals surface area contributed by atoms with E-state index in [1.165, 1.54) is 4.31 Å². The average molecular weight is 717 g/mol. The quantitative estimate of drug-likeness (QED) is 0.160. The monoisotopic (exact) mass is 716 g/mol. The Bertz CT molecular complexity index is 1900. The van der Waals surface area contributed by atoms with Gasteiger partial charge in [-0.2, -0.15) is 4.31 Å². The van der Waals surface area contributed by atoms with Crippen LogP contribution < -0.4 is 19.1 Å². The molecular formula is C39H41ClN2O7S. The summed E-state index contributed by atoms with van der Waals surface area (Å²) in [6.07, 6.45) is 3.56. The summed E-state index contributed by atoms with van der Waals surface area (Å²) in [4.78, 5) is 14.2. The molecule has 2 heterocycles. The molecule has 0 N–H and O–H groups in total. The number of benzene rings is 4. The standard InChI is InChI=1S/C39H41ClN2O7S/c1-46-33-10-3-27(4-11-33)21-42(22-28-5-12-34(47-2)13-6-28)50(44,45)35-14-16-38-37(20-35)41(23-30-7-8-31(30)24-43)25-39(26-48-38)36-15-9-32(40)19-29(36)17-18-49-39/h3-6,9-16,19-20,24,30-31H,7-8,17-18,21-23,25-26H2,1-2H3/t30-,31-,39+/m0/s1. The second-order valence-corrected chi connectivity index (χ2v) is 15.7. The Hall–Kier alpha value is -4.09. The number of fused-ring (bicyclic) bond motifs is 3. The molecule has 3 atom stereocenters. The number of methoxy groups -OCH3 is 2. The van der Waals surface area contributed by atoms with Crippen LogP contribution in [-0.2, 0) is 44.7 Å². The largest absolute Gasteiger partial charge is 0.497 e. The van der Waals surface area contributed by atoms with E-state index in [0.717, 1.165) is 47.8 Å². The highest BCUT2D eigenvalue weighted by atomic mass is 35.5. The van der Waals surface area contributed by atoms with Crippen molar-refractivity contribution in [2.75, 3.05) is 45.4 Å². The van der Waals surface area contributed by atoms with Crippen LogP contribution >= 0.6 is 11.6 Å². The predicted octanol–water partition coefficient (Wildman–Crippen LogP) is 6.64. The molecule has 1 spiro atoms. The van der Waals surface area contributed by atoms with Crippen molar-refractivity contribution in [2.45, 2.75) is 42.8 Å². The fraction of sp³-hybridized carbons (Fsp3) is 0.359. The van der Waals surface area contributed by atoms with E-state index in [1.807, 2.05) is 66.7 Å². The van der Waals surface area contributed by atoms with Gasteiger partial charge >= 0.3 is 0 Å². The molecule has 50 heavy (non-hydrogen) atoms. The number of carbonyl (C=O) groups excluding carboxylic acids is 1. The van der Waals surface area contributed by atoms with Crippen molar-refractivity contribution in [1.82, 2.24) is 4.31 Å². The maximum absolute atomic E-state index is 14.7. The van der Waals surface area contributed by atoms with Crippen molar-refractivity contribution in [2.24, 2.45) is 11.8 Å². The maximum Gasteiger partial charge on any atom is 0.243 e. The lowest BCUT2D eigenvalue weighted by molar-refractivity contribution is -0.115. The van der Waals surface area contributed by atoms with Crippen molar-refractivity contribution in [3.8, 4) is 17.2 Å². The summed E-state index contributed by atoms with van der Waals surface area (Å²) in [7, 11) is -0.836. The molecule has 0 amide bonds. The molecule has 4 aromatic rings. The molecule has 262 valence electrons. The Balaban J connectivity index is 1.27. The number of hydrogen-bond acceptors (Lipinski definition) is 8. The van der Waals surface area contributed by atoms with Crippen LogP contribution in [0.15, 0.2) is 89.8 Å². The normalized spacial score (nSPS) is 21.4. The number of carbonyl (C=O) groups is 1. The molecule has 0 radical (unpaired) electrons. The summed E-state index contributed by atoms with van der Waals surface area (Å²) in [5.74, 6) is 2.07. The lowest BCUT2D eigenvalue weighted by Crippen LogP contribution is -2.50. The highest BCUT2D eigenvalue weighted by Gasteiger charge is 2.45. The van der Waals surface area contributed by atoms with Crippen molar-refractivity contribution in [1.29, 1.82) is 0 Å². The molecule has 0 saturated heterocycles. The van der Waals surface area contributed by atoms with E-state index >= 15 is 0 Å². The molecule has 0 unspecified atom stereocenters. The van der Waals surface area contributed by atoms with Crippen LogP contribution in [0.1, 0.15) is 35.1 Å². The molecule has 1 fully saturated rings.